The van der Waals surface area contributed by atoms with Crippen LogP contribution in [0.5, 0.6) is 0 Å². The molecule has 0 aromatic carbocycles. The van der Waals surface area contributed by atoms with Crippen molar-refractivity contribution in [2.45, 2.75) is 13.3 Å². The van der Waals surface area contributed by atoms with Crippen molar-refractivity contribution in [1.82, 2.24) is 19.7 Å². The van der Waals surface area contributed by atoms with Crippen LogP contribution >= 0.6 is 0 Å². The Hall–Kier alpha value is -2.11. The molecule has 2 rings (SSSR count). The largest absolute Gasteiger partial charge is 0.370 e. The normalized spacial score (nSPS) is 10.5. The van der Waals surface area contributed by atoms with Crippen molar-refractivity contribution in [3.8, 4) is 0 Å². The van der Waals surface area contributed by atoms with Gasteiger partial charge in [0.1, 0.15) is 5.82 Å². The molecule has 2 aromatic heterocycles. The van der Waals surface area contributed by atoms with Gasteiger partial charge in [0.15, 0.2) is 0 Å². The van der Waals surface area contributed by atoms with Gasteiger partial charge in [0, 0.05) is 31.5 Å². The predicted octanol–water partition coefficient (Wildman–Crippen LogP) is 0.755. The average molecular weight is 232 g/mol. The fraction of sp³-hybridized carbons (Fsp3) is 0.364. The van der Waals surface area contributed by atoms with Crippen LogP contribution in [0.4, 0.5) is 11.8 Å². The van der Waals surface area contributed by atoms with Crippen LogP contribution in [0.15, 0.2) is 18.5 Å². The van der Waals surface area contributed by atoms with E-state index in [0.717, 1.165) is 24.5 Å². The number of anilines is 2. The van der Waals surface area contributed by atoms with Crippen LogP contribution in [-0.4, -0.2) is 26.3 Å². The summed E-state index contributed by atoms with van der Waals surface area (Å²) in [5, 5.41) is 7.33. The van der Waals surface area contributed by atoms with Crippen molar-refractivity contribution in [2.24, 2.45) is 7.05 Å². The highest BCUT2D eigenvalue weighted by atomic mass is 15.2. The van der Waals surface area contributed by atoms with E-state index in [0.29, 0.717) is 5.95 Å². The van der Waals surface area contributed by atoms with Crippen molar-refractivity contribution in [2.75, 3.05) is 17.6 Å². The molecule has 0 saturated heterocycles. The number of aromatic nitrogens is 4. The Morgan fingerprint density at radius 1 is 1.41 bits per heavy atom. The van der Waals surface area contributed by atoms with Crippen molar-refractivity contribution in [3.05, 3.63) is 29.7 Å². The van der Waals surface area contributed by atoms with Crippen molar-refractivity contribution < 1.29 is 0 Å². The molecule has 90 valence electrons. The van der Waals surface area contributed by atoms with Crippen molar-refractivity contribution in [1.29, 1.82) is 0 Å². The summed E-state index contributed by atoms with van der Waals surface area (Å²) in [4.78, 5) is 8.12. The summed E-state index contributed by atoms with van der Waals surface area (Å²) in [5.74, 6) is 1.06. The van der Waals surface area contributed by atoms with Gasteiger partial charge in [0.05, 0.1) is 6.20 Å². The quantitative estimate of drug-likeness (QED) is 0.813. The smallest absolute Gasteiger partial charge is 0.222 e. The summed E-state index contributed by atoms with van der Waals surface area (Å²) >= 11 is 0. The van der Waals surface area contributed by atoms with E-state index in [-0.39, 0.29) is 0 Å². The maximum atomic E-state index is 5.57. The van der Waals surface area contributed by atoms with Gasteiger partial charge in [-0.15, -0.1) is 0 Å². The van der Waals surface area contributed by atoms with Crippen LogP contribution in [0, 0.1) is 6.92 Å². The third kappa shape index (κ3) is 3.17. The monoisotopic (exact) mass is 232 g/mol. The number of aryl methyl sites for hydroxylation is 2. The van der Waals surface area contributed by atoms with Gasteiger partial charge < -0.3 is 11.1 Å². The molecular weight excluding hydrogens is 216 g/mol. The molecule has 2 heterocycles. The number of nitrogen functional groups attached to an aromatic ring is 1. The van der Waals surface area contributed by atoms with Gasteiger partial charge in [0.2, 0.25) is 5.95 Å². The minimum Gasteiger partial charge on any atom is -0.370 e. The Bertz CT molecular complexity index is 484. The van der Waals surface area contributed by atoms with Crippen LogP contribution < -0.4 is 11.1 Å². The standard InChI is InChI=1S/C11H16N6/c1-8-5-10(16-11(12)15-8)13-4-3-9-6-14-17(2)7-9/h5-7H,3-4H2,1-2H3,(H3,12,13,15,16). The first-order valence-electron chi connectivity index (χ1n) is 5.46. The van der Waals surface area contributed by atoms with Crippen LogP contribution in [0.3, 0.4) is 0 Å². The molecular formula is C11H16N6. The van der Waals surface area contributed by atoms with Crippen molar-refractivity contribution in [3.63, 3.8) is 0 Å². The molecule has 6 heteroatoms. The molecule has 0 radical (unpaired) electrons. The zero-order valence-electron chi connectivity index (χ0n) is 10.0. The molecule has 2 aromatic rings. The lowest BCUT2D eigenvalue weighted by Crippen LogP contribution is -2.08. The number of hydrogen-bond donors (Lipinski definition) is 2. The van der Waals surface area contributed by atoms with E-state index in [4.69, 9.17) is 5.73 Å². The predicted molar refractivity (Wildman–Crippen MR) is 66.6 cm³/mol. The summed E-state index contributed by atoms with van der Waals surface area (Å²) in [7, 11) is 1.91. The Kier molecular flexibility index (Phi) is 3.22. The number of nitrogens with two attached hydrogens (primary N) is 1. The zero-order valence-corrected chi connectivity index (χ0v) is 10.0. The van der Waals surface area contributed by atoms with E-state index < -0.39 is 0 Å². The van der Waals surface area contributed by atoms with Crippen LogP contribution in [0.1, 0.15) is 11.3 Å². The minimum atomic E-state index is 0.300. The second kappa shape index (κ2) is 4.82. The third-order valence-electron chi connectivity index (χ3n) is 2.35. The summed E-state index contributed by atoms with van der Waals surface area (Å²) < 4.78 is 1.79. The first kappa shape index (κ1) is 11.4. The molecule has 0 unspecified atom stereocenters. The molecule has 0 fully saturated rings. The van der Waals surface area contributed by atoms with E-state index >= 15 is 0 Å². The number of rotatable bonds is 4. The van der Waals surface area contributed by atoms with Gasteiger partial charge in [-0.3, -0.25) is 4.68 Å². The summed E-state index contributed by atoms with van der Waals surface area (Å²) in [6.07, 6.45) is 4.76. The Balaban J connectivity index is 1.89. The zero-order chi connectivity index (χ0) is 12.3. The Labute approximate surface area is 99.9 Å². The molecule has 0 aliphatic carbocycles. The van der Waals surface area contributed by atoms with Gasteiger partial charge in [-0.2, -0.15) is 10.1 Å². The molecule has 0 aliphatic rings. The lowest BCUT2D eigenvalue weighted by molar-refractivity contribution is 0.767. The van der Waals surface area contributed by atoms with E-state index in [1.165, 1.54) is 5.56 Å². The van der Waals surface area contributed by atoms with Gasteiger partial charge in [0.25, 0.3) is 0 Å². The Morgan fingerprint density at radius 2 is 2.24 bits per heavy atom. The first-order chi connectivity index (χ1) is 8.13. The van der Waals surface area contributed by atoms with Crippen molar-refractivity contribution >= 4 is 11.8 Å². The number of hydrogen-bond acceptors (Lipinski definition) is 5. The molecule has 0 saturated carbocycles. The van der Waals surface area contributed by atoms with Gasteiger partial charge in [-0.05, 0) is 18.9 Å². The molecule has 0 atom stereocenters. The number of nitrogens with one attached hydrogen (secondary N) is 1. The maximum absolute atomic E-state index is 5.57. The molecule has 17 heavy (non-hydrogen) atoms. The Morgan fingerprint density at radius 3 is 2.88 bits per heavy atom. The fourth-order valence-corrected chi connectivity index (χ4v) is 1.62. The lowest BCUT2D eigenvalue weighted by Gasteiger charge is -2.05. The molecule has 3 N–H and O–H groups in total. The maximum Gasteiger partial charge on any atom is 0.222 e. The second-order valence-electron chi connectivity index (χ2n) is 3.95. The van der Waals surface area contributed by atoms with Gasteiger partial charge in [-0.1, -0.05) is 0 Å². The molecule has 6 nitrogen and oxygen atoms in total. The SMILES string of the molecule is Cc1cc(NCCc2cnn(C)c2)nc(N)n1. The molecule has 0 bridgehead atoms. The number of nitrogens with zero attached hydrogens (tertiary/aromatic N) is 4. The van der Waals surface area contributed by atoms with E-state index in [9.17, 15) is 0 Å². The minimum absolute atomic E-state index is 0.300. The second-order valence-corrected chi connectivity index (χ2v) is 3.95. The molecule has 0 aliphatic heterocycles. The first-order valence-corrected chi connectivity index (χ1v) is 5.46. The highest BCUT2D eigenvalue weighted by Crippen LogP contribution is 2.07. The average Bonchev–Trinajstić information content (AvgIpc) is 2.63. The van der Waals surface area contributed by atoms with E-state index in [2.05, 4.69) is 20.4 Å². The summed E-state index contributed by atoms with van der Waals surface area (Å²) in [6.45, 7) is 2.69. The van der Waals surface area contributed by atoms with Gasteiger partial charge in [-0.25, -0.2) is 4.98 Å². The fourth-order valence-electron chi connectivity index (χ4n) is 1.62. The van der Waals surface area contributed by atoms with Crippen LogP contribution in [0.25, 0.3) is 0 Å². The van der Waals surface area contributed by atoms with Crippen LogP contribution in [-0.2, 0) is 13.5 Å². The van der Waals surface area contributed by atoms with E-state index in [1.807, 2.05) is 32.4 Å². The molecule has 0 amide bonds. The summed E-state index contributed by atoms with van der Waals surface area (Å²) in [5.41, 5.74) is 7.63. The van der Waals surface area contributed by atoms with Gasteiger partial charge >= 0.3 is 0 Å². The highest BCUT2D eigenvalue weighted by Gasteiger charge is 2.00. The van der Waals surface area contributed by atoms with E-state index in [1.54, 1.807) is 4.68 Å². The topological polar surface area (TPSA) is 81.7 Å². The molecule has 0 spiro atoms. The van der Waals surface area contributed by atoms with Crippen LogP contribution in [0.2, 0.25) is 0 Å². The third-order valence-corrected chi connectivity index (χ3v) is 2.35. The summed E-state index contributed by atoms with van der Waals surface area (Å²) in [6, 6.07) is 1.87. The highest BCUT2D eigenvalue weighted by molar-refractivity contribution is 5.40. The lowest BCUT2D eigenvalue weighted by atomic mass is 10.2.